The van der Waals surface area contributed by atoms with Crippen LogP contribution < -0.4 is 15.8 Å². The molecule has 1 atom stereocenters. The highest BCUT2D eigenvalue weighted by atomic mass is 32.1. The molecule has 1 aliphatic heterocycles. The van der Waals surface area contributed by atoms with Gasteiger partial charge in [-0.05, 0) is 25.3 Å². The molecule has 7 nitrogen and oxygen atoms in total. The Labute approximate surface area is 181 Å². The lowest BCUT2D eigenvalue weighted by atomic mass is 9.84. The number of thiazole rings is 1. The maximum absolute atomic E-state index is 13.2. The van der Waals surface area contributed by atoms with Gasteiger partial charge in [-0.25, -0.2) is 4.98 Å². The van der Waals surface area contributed by atoms with E-state index in [-0.39, 0.29) is 11.5 Å². The van der Waals surface area contributed by atoms with Gasteiger partial charge >= 0.3 is 0 Å². The maximum Gasteiger partial charge on any atom is 0.253 e. The monoisotopic (exact) mass is 430 g/mol. The van der Waals surface area contributed by atoms with Crippen molar-refractivity contribution in [3.8, 4) is 0 Å². The number of rotatable bonds is 6. The number of ether oxygens (including phenoxy) is 1. The van der Waals surface area contributed by atoms with Crippen LogP contribution in [0.25, 0.3) is 0 Å². The third-order valence-electron chi connectivity index (χ3n) is 6.18. The van der Waals surface area contributed by atoms with E-state index in [1.165, 1.54) is 30.6 Å². The molecule has 30 heavy (non-hydrogen) atoms. The standard InChI is InChI=1S/C22H30N4O3S/c1-16-13-18(25-8-10-29-11-9-25)15-20(27)26(16)19(14-17-5-3-2-4-6-17)21(28)24-22-23-7-12-30-22/h7,12-13,15,17,19H,2-6,8-11,14H2,1H3,(H,23,24,28). The minimum atomic E-state index is -0.525. The summed E-state index contributed by atoms with van der Waals surface area (Å²) in [7, 11) is 0. The van der Waals surface area contributed by atoms with Crippen molar-refractivity contribution in [1.82, 2.24) is 9.55 Å². The van der Waals surface area contributed by atoms with Gasteiger partial charge in [0.15, 0.2) is 5.13 Å². The van der Waals surface area contributed by atoms with Gasteiger partial charge in [-0.1, -0.05) is 32.1 Å². The van der Waals surface area contributed by atoms with E-state index in [0.29, 0.717) is 30.7 Å². The number of pyridine rings is 1. The molecule has 1 amide bonds. The van der Waals surface area contributed by atoms with E-state index in [1.54, 1.807) is 16.8 Å². The zero-order valence-corrected chi connectivity index (χ0v) is 18.3. The number of anilines is 2. The number of aromatic nitrogens is 2. The highest BCUT2D eigenvalue weighted by molar-refractivity contribution is 7.13. The first-order chi connectivity index (χ1) is 14.6. The predicted octanol–water partition coefficient (Wildman–Crippen LogP) is 3.60. The zero-order valence-electron chi connectivity index (χ0n) is 17.5. The Morgan fingerprint density at radius 1 is 1.27 bits per heavy atom. The molecule has 162 valence electrons. The second-order valence-corrected chi connectivity index (χ2v) is 9.14. The van der Waals surface area contributed by atoms with Crippen molar-refractivity contribution >= 4 is 28.1 Å². The maximum atomic E-state index is 13.2. The van der Waals surface area contributed by atoms with Crippen LogP contribution in [-0.2, 0) is 9.53 Å². The average molecular weight is 431 g/mol. The summed E-state index contributed by atoms with van der Waals surface area (Å²) in [4.78, 5) is 32.8. The molecular formula is C22H30N4O3S. The van der Waals surface area contributed by atoms with Crippen molar-refractivity contribution in [2.75, 3.05) is 36.5 Å². The first-order valence-corrected chi connectivity index (χ1v) is 11.8. The second-order valence-electron chi connectivity index (χ2n) is 8.24. The van der Waals surface area contributed by atoms with E-state index in [9.17, 15) is 9.59 Å². The largest absolute Gasteiger partial charge is 0.378 e. The molecule has 1 unspecified atom stereocenters. The number of morpholine rings is 1. The van der Waals surface area contributed by atoms with Crippen LogP contribution in [0, 0.1) is 12.8 Å². The van der Waals surface area contributed by atoms with Gasteiger partial charge in [-0.2, -0.15) is 0 Å². The summed E-state index contributed by atoms with van der Waals surface area (Å²) in [5, 5.41) is 5.33. The van der Waals surface area contributed by atoms with Crippen LogP contribution in [-0.4, -0.2) is 41.8 Å². The van der Waals surface area contributed by atoms with Gasteiger partial charge in [0, 0.05) is 42.1 Å². The van der Waals surface area contributed by atoms with Crippen LogP contribution in [0.4, 0.5) is 10.8 Å². The van der Waals surface area contributed by atoms with E-state index in [1.807, 2.05) is 18.4 Å². The zero-order chi connectivity index (χ0) is 20.9. The molecule has 0 radical (unpaired) electrons. The predicted molar refractivity (Wildman–Crippen MR) is 119 cm³/mol. The fraction of sp³-hybridized carbons (Fsp3) is 0.591. The lowest BCUT2D eigenvalue weighted by molar-refractivity contribution is -0.120. The molecule has 2 aliphatic rings. The Balaban J connectivity index is 1.62. The van der Waals surface area contributed by atoms with Crippen LogP contribution in [0.3, 0.4) is 0 Å². The summed E-state index contributed by atoms with van der Waals surface area (Å²) < 4.78 is 7.11. The summed E-state index contributed by atoms with van der Waals surface area (Å²) in [5.41, 5.74) is 1.61. The number of hydrogen-bond donors (Lipinski definition) is 1. The highest BCUT2D eigenvalue weighted by Gasteiger charge is 2.28. The van der Waals surface area contributed by atoms with Crippen molar-refractivity contribution in [2.45, 2.75) is 51.5 Å². The lowest BCUT2D eigenvalue weighted by Gasteiger charge is -2.31. The average Bonchev–Trinajstić information content (AvgIpc) is 3.27. The molecular weight excluding hydrogens is 400 g/mol. The Kier molecular flexibility index (Phi) is 6.84. The molecule has 1 saturated carbocycles. The van der Waals surface area contributed by atoms with Crippen molar-refractivity contribution in [1.29, 1.82) is 0 Å². The third-order valence-corrected chi connectivity index (χ3v) is 6.87. The normalized spacial score (nSPS) is 18.9. The quantitative estimate of drug-likeness (QED) is 0.758. The summed E-state index contributed by atoms with van der Waals surface area (Å²) in [5.74, 6) is 0.316. The SMILES string of the molecule is Cc1cc(N2CCOCC2)cc(=O)n1C(CC1CCCCC1)C(=O)Nc1nccs1. The van der Waals surface area contributed by atoms with Gasteiger partial charge in [-0.15, -0.1) is 11.3 Å². The molecule has 2 aromatic heterocycles. The van der Waals surface area contributed by atoms with Gasteiger partial charge in [0.05, 0.1) is 13.2 Å². The number of nitrogens with one attached hydrogen (secondary N) is 1. The first kappa shape index (κ1) is 21.1. The van der Waals surface area contributed by atoms with Crippen molar-refractivity contribution in [3.05, 3.63) is 39.8 Å². The molecule has 4 rings (SSSR count). The van der Waals surface area contributed by atoms with Crippen molar-refractivity contribution in [2.24, 2.45) is 5.92 Å². The van der Waals surface area contributed by atoms with Crippen molar-refractivity contribution < 1.29 is 9.53 Å². The summed E-state index contributed by atoms with van der Waals surface area (Å²) >= 11 is 1.39. The molecule has 1 saturated heterocycles. The number of aryl methyl sites for hydroxylation is 1. The Hall–Kier alpha value is -2.19. The van der Waals surface area contributed by atoms with E-state index in [4.69, 9.17) is 4.74 Å². The summed E-state index contributed by atoms with van der Waals surface area (Å²) in [6, 6.07) is 3.17. The fourth-order valence-electron chi connectivity index (χ4n) is 4.64. The molecule has 1 aliphatic carbocycles. The second kappa shape index (κ2) is 9.75. The molecule has 8 heteroatoms. The topological polar surface area (TPSA) is 76.5 Å². The molecule has 0 spiro atoms. The minimum Gasteiger partial charge on any atom is -0.378 e. The van der Waals surface area contributed by atoms with E-state index >= 15 is 0 Å². The van der Waals surface area contributed by atoms with Crippen LogP contribution in [0.5, 0.6) is 0 Å². The van der Waals surface area contributed by atoms with Crippen LogP contribution in [0.2, 0.25) is 0 Å². The number of hydrogen-bond acceptors (Lipinski definition) is 6. The van der Waals surface area contributed by atoms with Crippen molar-refractivity contribution in [3.63, 3.8) is 0 Å². The van der Waals surface area contributed by atoms with Gasteiger partial charge in [0.2, 0.25) is 5.91 Å². The van der Waals surface area contributed by atoms with E-state index in [0.717, 1.165) is 37.3 Å². The van der Waals surface area contributed by atoms with Gasteiger partial charge in [0.25, 0.3) is 5.56 Å². The smallest absolute Gasteiger partial charge is 0.253 e. The van der Waals surface area contributed by atoms with Crippen LogP contribution in [0.1, 0.15) is 50.3 Å². The van der Waals surface area contributed by atoms with Gasteiger partial charge < -0.3 is 19.5 Å². The number of nitrogens with zero attached hydrogens (tertiary/aromatic N) is 3. The fourth-order valence-corrected chi connectivity index (χ4v) is 5.17. The molecule has 2 aromatic rings. The molecule has 1 N–H and O–H groups in total. The Morgan fingerprint density at radius 2 is 2.03 bits per heavy atom. The third kappa shape index (κ3) is 4.92. The first-order valence-electron chi connectivity index (χ1n) is 10.9. The molecule has 3 heterocycles. The molecule has 0 aromatic carbocycles. The Bertz CT molecular complexity index is 900. The van der Waals surface area contributed by atoms with E-state index in [2.05, 4.69) is 15.2 Å². The van der Waals surface area contributed by atoms with Gasteiger partial charge in [0.1, 0.15) is 6.04 Å². The van der Waals surface area contributed by atoms with Gasteiger partial charge in [-0.3, -0.25) is 9.59 Å². The molecule has 0 bridgehead atoms. The minimum absolute atomic E-state index is 0.119. The summed E-state index contributed by atoms with van der Waals surface area (Å²) in [6.45, 7) is 4.82. The number of carbonyl (C=O) groups is 1. The molecule has 2 fully saturated rings. The Morgan fingerprint density at radius 3 is 2.70 bits per heavy atom. The highest BCUT2D eigenvalue weighted by Crippen LogP contribution is 2.32. The van der Waals surface area contributed by atoms with E-state index < -0.39 is 6.04 Å². The number of amides is 1. The van der Waals surface area contributed by atoms with Crippen LogP contribution >= 0.6 is 11.3 Å². The lowest BCUT2D eigenvalue weighted by Crippen LogP contribution is -2.39. The van der Waals surface area contributed by atoms with Crippen LogP contribution in [0.15, 0.2) is 28.5 Å². The summed E-state index contributed by atoms with van der Waals surface area (Å²) in [6.07, 6.45) is 8.28. The number of carbonyl (C=O) groups excluding carboxylic acids is 1.